The lowest BCUT2D eigenvalue weighted by molar-refractivity contribution is 0.376. The van der Waals surface area contributed by atoms with Crippen LogP contribution in [0, 0.1) is 0 Å². The fourth-order valence-electron chi connectivity index (χ4n) is 2.00. The molecule has 17 heavy (non-hydrogen) atoms. The molecule has 1 atom stereocenters. The Morgan fingerprint density at radius 3 is 2.18 bits per heavy atom. The first-order chi connectivity index (χ1) is 8.24. The van der Waals surface area contributed by atoms with Gasteiger partial charge in [0.05, 0.1) is 19.8 Å². The Morgan fingerprint density at radius 1 is 1.12 bits per heavy atom. The van der Waals surface area contributed by atoms with Crippen LogP contribution in [-0.4, -0.2) is 14.2 Å². The minimum atomic E-state index is -0.0207. The van der Waals surface area contributed by atoms with Gasteiger partial charge in [-0.25, -0.2) is 0 Å². The summed E-state index contributed by atoms with van der Waals surface area (Å²) in [6.45, 7) is 2.19. The average Bonchev–Trinajstić information content (AvgIpc) is 2.37. The Hall–Kier alpha value is -1.22. The molecule has 0 saturated heterocycles. The number of rotatable bonds is 7. The maximum Gasteiger partial charge on any atom is 0.127 e. The van der Waals surface area contributed by atoms with E-state index in [2.05, 4.69) is 6.92 Å². The van der Waals surface area contributed by atoms with Gasteiger partial charge in [0.15, 0.2) is 0 Å². The van der Waals surface area contributed by atoms with Crippen LogP contribution in [0.25, 0.3) is 0 Å². The standard InChI is InChI=1S/C14H23NO2/c1-4-5-6-8-11(15)14-12(16-2)9-7-10-13(14)17-3/h7,9-11H,4-6,8,15H2,1-3H3/t11-/m0/s1. The van der Waals surface area contributed by atoms with Crippen LogP contribution < -0.4 is 15.2 Å². The number of hydrogen-bond donors (Lipinski definition) is 1. The maximum absolute atomic E-state index is 6.23. The predicted molar refractivity (Wildman–Crippen MR) is 70.6 cm³/mol. The molecule has 1 aromatic rings. The van der Waals surface area contributed by atoms with E-state index in [4.69, 9.17) is 15.2 Å². The first-order valence-corrected chi connectivity index (χ1v) is 6.21. The summed E-state index contributed by atoms with van der Waals surface area (Å²) in [4.78, 5) is 0. The van der Waals surface area contributed by atoms with Crippen molar-refractivity contribution >= 4 is 0 Å². The number of benzene rings is 1. The van der Waals surface area contributed by atoms with Gasteiger partial charge in [0.1, 0.15) is 11.5 Å². The number of unbranched alkanes of at least 4 members (excludes halogenated alkanes) is 2. The van der Waals surface area contributed by atoms with Crippen molar-refractivity contribution in [3.8, 4) is 11.5 Å². The third-order valence-corrected chi connectivity index (χ3v) is 2.96. The van der Waals surface area contributed by atoms with E-state index in [0.717, 1.165) is 29.9 Å². The van der Waals surface area contributed by atoms with Gasteiger partial charge in [0.2, 0.25) is 0 Å². The fourth-order valence-corrected chi connectivity index (χ4v) is 2.00. The number of methoxy groups -OCH3 is 2. The predicted octanol–water partition coefficient (Wildman–Crippen LogP) is 3.28. The second kappa shape index (κ2) is 7.17. The van der Waals surface area contributed by atoms with Crippen molar-refractivity contribution < 1.29 is 9.47 Å². The monoisotopic (exact) mass is 237 g/mol. The van der Waals surface area contributed by atoms with Crippen molar-refractivity contribution in [2.45, 2.75) is 38.6 Å². The molecule has 0 unspecified atom stereocenters. The zero-order valence-electron chi connectivity index (χ0n) is 11.0. The molecule has 0 spiro atoms. The van der Waals surface area contributed by atoms with E-state index in [-0.39, 0.29) is 6.04 Å². The van der Waals surface area contributed by atoms with E-state index >= 15 is 0 Å². The quantitative estimate of drug-likeness (QED) is 0.740. The molecule has 0 bridgehead atoms. The molecular weight excluding hydrogens is 214 g/mol. The molecule has 96 valence electrons. The van der Waals surface area contributed by atoms with Gasteiger partial charge in [-0.3, -0.25) is 0 Å². The Morgan fingerprint density at radius 2 is 1.71 bits per heavy atom. The van der Waals surface area contributed by atoms with Crippen molar-refractivity contribution in [1.82, 2.24) is 0 Å². The smallest absolute Gasteiger partial charge is 0.127 e. The molecule has 0 aliphatic rings. The molecule has 3 nitrogen and oxygen atoms in total. The summed E-state index contributed by atoms with van der Waals surface area (Å²) in [6.07, 6.45) is 4.52. The third kappa shape index (κ3) is 3.63. The molecule has 0 amide bonds. The molecule has 0 radical (unpaired) electrons. The van der Waals surface area contributed by atoms with E-state index in [1.54, 1.807) is 14.2 Å². The maximum atomic E-state index is 6.23. The minimum absolute atomic E-state index is 0.0207. The molecule has 1 rings (SSSR count). The van der Waals surface area contributed by atoms with Gasteiger partial charge in [0, 0.05) is 6.04 Å². The van der Waals surface area contributed by atoms with E-state index in [1.807, 2.05) is 18.2 Å². The van der Waals surface area contributed by atoms with Crippen molar-refractivity contribution in [2.75, 3.05) is 14.2 Å². The summed E-state index contributed by atoms with van der Waals surface area (Å²) < 4.78 is 10.7. The van der Waals surface area contributed by atoms with Gasteiger partial charge in [-0.05, 0) is 18.6 Å². The molecule has 2 N–H and O–H groups in total. The van der Waals surface area contributed by atoms with Gasteiger partial charge in [-0.1, -0.05) is 32.3 Å². The summed E-state index contributed by atoms with van der Waals surface area (Å²) >= 11 is 0. The van der Waals surface area contributed by atoms with Crippen molar-refractivity contribution in [3.05, 3.63) is 23.8 Å². The Labute approximate surface area is 104 Å². The Balaban J connectivity index is 2.85. The normalized spacial score (nSPS) is 12.2. The van der Waals surface area contributed by atoms with Crippen LogP contribution in [0.5, 0.6) is 11.5 Å². The number of ether oxygens (including phenoxy) is 2. The summed E-state index contributed by atoms with van der Waals surface area (Å²) in [5.74, 6) is 1.63. The van der Waals surface area contributed by atoms with Crippen LogP contribution in [0.15, 0.2) is 18.2 Å². The zero-order chi connectivity index (χ0) is 12.7. The van der Waals surface area contributed by atoms with Crippen molar-refractivity contribution in [1.29, 1.82) is 0 Å². The first kappa shape index (κ1) is 13.8. The van der Waals surface area contributed by atoms with Gasteiger partial charge < -0.3 is 15.2 Å². The molecule has 0 aromatic heterocycles. The highest BCUT2D eigenvalue weighted by Crippen LogP contribution is 2.34. The minimum Gasteiger partial charge on any atom is -0.496 e. The lowest BCUT2D eigenvalue weighted by Gasteiger charge is -2.18. The molecule has 1 aromatic carbocycles. The highest BCUT2D eigenvalue weighted by Gasteiger charge is 2.16. The molecule has 3 heteroatoms. The molecule has 0 aliphatic carbocycles. The van der Waals surface area contributed by atoms with Crippen molar-refractivity contribution in [2.24, 2.45) is 5.73 Å². The first-order valence-electron chi connectivity index (χ1n) is 6.21. The summed E-state index contributed by atoms with van der Waals surface area (Å²) in [6, 6.07) is 5.75. The van der Waals surface area contributed by atoms with Crippen LogP contribution in [0.4, 0.5) is 0 Å². The lowest BCUT2D eigenvalue weighted by atomic mass is 9.99. The second-order valence-corrected chi connectivity index (χ2v) is 4.18. The third-order valence-electron chi connectivity index (χ3n) is 2.96. The summed E-state index contributed by atoms with van der Waals surface area (Å²) in [5, 5.41) is 0. The van der Waals surface area contributed by atoms with Crippen LogP contribution >= 0.6 is 0 Å². The number of nitrogens with two attached hydrogens (primary N) is 1. The Bertz CT molecular complexity index is 317. The van der Waals surface area contributed by atoms with Crippen LogP contribution in [0.3, 0.4) is 0 Å². The van der Waals surface area contributed by atoms with Crippen molar-refractivity contribution in [3.63, 3.8) is 0 Å². The Kier molecular flexibility index (Phi) is 5.84. The highest BCUT2D eigenvalue weighted by atomic mass is 16.5. The van der Waals surface area contributed by atoms with Crippen LogP contribution in [0.1, 0.15) is 44.2 Å². The molecular formula is C14H23NO2. The van der Waals surface area contributed by atoms with Gasteiger partial charge >= 0.3 is 0 Å². The summed E-state index contributed by atoms with van der Waals surface area (Å²) in [5.41, 5.74) is 7.21. The van der Waals surface area contributed by atoms with E-state index < -0.39 is 0 Å². The molecule has 0 aliphatic heterocycles. The highest BCUT2D eigenvalue weighted by molar-refractivity contribution is 5.46. The summed E-state index contributed by atoms with van der Waals surface area (Å²) in [7, 11) is 3.33. The molecule has 0 heterocycles. The fraction of sp³-hybridized carbons (Fsp3) is 0.571. The second-order valence-electron chi connectivity index (χ2n) is 4.18. The van der Waals surface area contributed by atoms with Gasteiger partial charge in [-0.15, -0.1) is 0 Å². The van der Waals surface area contributed by atoms with Gasteiger partial charge in [0.25, 0.3) is 0 Å². The van der Waals surface area contributed by atoms with E-state index in [1.165, 1.54) is 12.8 Å². The molecule has 0 fully saturated rings. The van der Waals surface area contributed by atoms with E-state index in [0.29, 0.717) is 0 Å². The topological polar surface area (TPSA) is 44.5 Å². The van der Waals surface area contributed by atoms with Crippen LogP contribution in [-0.2, 0) is 0 Å². The number of hydrogen-bond acceptors (Lipinski definition) is 3. The largest absolute Gasteiger partial charge is 0.496 e. The lowest BCUT2D eigenvalue weighted by Crippen LogP contribution is -2.13. The van der Waals surface area contributed by atoms with Gasteiger partial charge in [-0.2, -0.15) is 0 Å². The average molecular weight is 237 g/mol. The zero-order valence-corrected chi connectivity index (χ0v) is 11.0. The van der Waals surface area contributed by atoms with Crippen LogP contribution in [0.2, 0.25) is 0 Å². The SMILES string of the molecule is CCCCC[C@H](N)c1c(OC)cccc1OC. The molecule has 0 saturated carbocycles. The van der Waals surface area contributed by atoms with E-state index in [9.17, 15) is 0 Å².